The largest absolute Gasteiger partial charge is 0.480 e. The lowest BCUT2D eigenvalue weighted by atomic mass is 9.89. The van der Waals surface area contributed by atoms with Crippen LogP contribution in [0.4, 0.5) is 0 Å². The number of likely N-dealkylation sites (tertiary alicyclic amines) is 1. The molecule has 166 valence electrons. The van der Waals surface area contributed by atoms with Crippen LogP contribution in [-0.2, 0) is 4.79 Å². The zero-order valence-electron chi connectivity index (χ0n) is 18.4. The number of hydrogen-bond donors (Lipinski definition) is 1. The summed E-state index contributed by atoms with van der Waals surface area (Å²) in [6.45, 7) is 0.745. The molecule has 0 aromatic heterocycles. The zero-order chi connectivity index (χ0) is 22.6. The van der Waals surface area contributed by atoms with Crippen LogP contribution in [0.25, 0.3) is 10.8 Å². The Labute approximate surface area is 194 Å². The van der Waals surface area contributed by atoms with E-state index in [4.69, 9.17) is 4.74 Å². The van der Waals surface area contributed by atoms with Gasteiger partial charge in [-0.05, 0) is 65.6 Å². The monoisotopic (exact) mass is 437 g/mol. The summed E-state index contributed by atoms with van der Waals surface area (Å²) >= 11 is 0. The van der Waals surface area contributed by atoms with Crippen LogP contribution < -0.4 is 4.74 Å². The predicted octanol–water partition coefficient (Wildman–Crippen LogP) is 6.66. The lowest BCUT2D eigenvalue weighted by Crippen LogP contribution is -2.46. The second kappa shape index (κ2) is 9.47. The van der Waals surface area contributed by atoms with Gasteiger partial charge in [0, 0.05) is 0 Å². The number of para-hydroxylation sites is 1. The van der Waals surface area contributed by atoms with Gasteiger partial charge < -0.3 is 9.84 Å². The first-order valence-corrected chi connectivity index (χ1v) is 11.5. The molecule has 1 aliphatic rings. The Morgan fingerprint density at radius 1 is 0.848 bits per heavy atom. The maximum absolute atomic E-state index is 12.2. The fraction of sp³-hybridized carbons (Fsp3) is 0.207. The minimum Gasteiger partial charge on any atom is -0.480 e. The van der Waals surface area contributed by atoms with Gasteiger partial charge in [0.05, 0.1) is 6.04 Å². The highest BCUT2D eigenvalue weighted by Crippen LogP contribution is 2.39. The highest BCUT2D eigenvalue weighted by Gasteiger charge is 2.35. The Balaban J connectivity index is 1.63. The second-order valence-corrected chi connectivity index (χ2v) is 8.55. The zero-order valence-corrected chi connectivity index (χ0v) is 18.4. The molecular formula is C29H27NO3. The number of nitrogens with zero attached hydrogens (tertiary/aromatic N) is 1. The van der Waals surface area contributed by atoms with Gasteiger partial charge in [-0.25, -0.2) is 0 Å². The number of rotatable bonds is 6. The fourth-order valence-electron chi connectivity index (χ4n) is 4.94. The molecule has 2 atom stereocenters. The summed E-state index contributed by atoms with van der Waals surface area (Å²) < 4.78 is 6.12. The molecule has 4 aromatic rings. The van der Waals surface area contributed by atoms with Gasteiger partial charge in [-0.2, -0.15) is 0 Å². The first-order valence-electron chi connectivity index (χ1n) is 11.5. The summed E-state index contributed by atoms with van der Waals surface area (Å²) in [7, 11) is 0. The van der Waals surface area contributed by atoms with Crippen molar-refractivity contribution in [3.8, 4) is 11.5 Å². The average Bonchev–Trinajstić information content (AvgIpc) is 2.85. The van der Waals surface area contributed by atoms with E-state index in [1.165, 1.54) is 0 Å². The van der Waals surface area contributed by atoms with E-state index >= 15 is 0 Å². The van der Waals surface area contributed by atoms with E-state index < -0.39 is 12.0 Å². The number of carboxylic acid groups (broad SMARTS) is 1. The molecule has 33 heavy (non-hydrogen) atoms. The smallest absolute Gasteiger partial charge is 0.320 e. The standard InChI is InChI=1S/C29H27NO3/c31-29(32)27-18-6-7-19-30(27)28(26-17-9-11-21-10-4-5-16-25(21)26)22-12-8-15-24(20-22)33-23-13-2-1-3-14-23/h1-5,8-17,20,27-28H,6-7,18-19H2,(H,31,32). The van der Waals surface area contributed by atoms with Crippen LogP contribution in [0.1, 0.15) is 36.4 Å². The van der Waals surface area contributed by atoms with Gasteiger partial charge in [0.2, 0.25) is 0 Å². The van der Waals surface area contributed by atoms with Crippen LogP contribution in [0.15, 0.2) is 97.1 Å². The summed E-state index contributed by atoms with van der Waals surface area (Å²) in [6.07, 6.45) is 2.59. The minimum absolute atomic E-state index is 0.183. The third-order valence-corrected chi connectivity index (χ3v) is 6.43. The molecule has 4 heteroatoms. The van der Waals surface area contributed by atoms with Gasteiger partial charge in [0.15, 0.2) is 0 Å². The first-order chi connectivity index (χ1) is 16.2. The molecule has 1 aliphatic heterocycles. The molecule has 1 saturated heterocycles. The SMILES string of the molecule is O=C(O)C1CCCCN1C(c1cccc(Oc2ccccc2)c1)c1cccc2ccccc12. The van der Waals surface area contributed by atoms with E-state index in [-0.39, 0.29) is 6.04 Å². The Hall–Kier alpha value is -3.63. The van der Waals surface area contributed by atoms with Crippen LogP contribution in [-0.4, -0.2) is 28.6 Å². The molecule has 0 radical (unpaired) electrons. The van der Waals surface area contributed by atoms with E-state index in [1.807, 2.05) is 60.7 Å². The topological polar surface area (TPSA) is 49.8 Å². The van der Waals surface area contributed by atoms with Crippen LogP contribution >= 0.6 is 0 Å². The molecule has 1 fully saturated rings. The Morgan fingerprint density at radius 2 is 1.58 bits per heavy atom. The highest BCUT2D eigenvalue weighted by atomic mass is 16.5. The average molecular weight is 438 g/mol. The number of benzene rings is 4. The van der Waals surface area contributed by atoms with Crippen molar-refractivity contribution in [2.45, 2.75) is 31.3 Å². The molecule has 2 unspecified atom stereocenters. The molecule has 0 amide bonds. The van der Waals surface area contributed by atoms with Gasteiger partial charge in [0.25, 0.3) is 0 Å². The quantitative estimate of drug-likeness (QED) is 0.366. The van der Waals surface area contributed by atoms with Gasteiger partial charge in [0.1, 0.15) is 17.5 Å². The van der Waals surface area contributed by atoms with Crippen LogP contribution in [0.2, 0.25) is 0 Å². The van der Waals surface area contributed by atoms with Crippen molar-refractivity contribution < 1.29 is 14.6 Å². The number of hydrogen-bond acceptors (Lipinski definition) is 3. The highest BCUT2D eigenvalue weighted by molar-refractivity contribution is 5.86. The van der Waals surface area contributed by atoms with Gasteiger partial charge >= 0.3 is 5.97 Å². The van der Waals surface area contributed by atoms with Crippen molar-refractivity contribution in [3.63, 3.8) is 0 Å². The van der Waals surface area contributed by atoms with Crippen molar-refractivity contribution in [1.82, 2.24) is 4.90 Å². The maximum Gasteiger partial charge on any atom is 0.320 e. The molecule has 1 N–H and O–H groups in total. The van der Waals surface area contributed by atoms with Crippen molar-refractivity contribution in [3.05, 3.63) is 108 Å². The van der Waals surface area contributed by atoms with Crippen molar-refractivity contribution >= 4 is 16.7 Å². The van der Waals surface area contributed by atoms with E-state index in [1.54, 1.807) is 0 Å². The molecule has 0 saturated carbocycles. The van der Waals surface area contributed by atoms with Crippen LogP contribution in [0.5, 0.6) is 11.5 Å². The Kier molecular flexibility index (Phi) is 6.09. The third-order valence-electron chi connectivity index (χ3n) is 6.43. The van der Waals surface area contributed by atoms with Gasteiger partial charge in [-0.3, -0.25) is 9.69 Å². The summed E-state index contributed by atoms with van der Waals surface area (Å²) in [5, 5.41) is 12.3. The molecule has 0 aliphatic carbocycles. The molecule has 0 bridgehead atoms. The molecule has 1 heterocycles. The Bertz CT molecular complexity index is 1250. The maximum atomic E-state index is 12.2. The molecule has 0 spiro atoms. The lowest BCUT2D eigenvalue weighted by Gasteiger charge is -2.40. The molecule has 5 rings (SSSR count). The van der Waals surface area contributed by atoms with Crippen molar-refractivity contribution in [2.75, 3.05) is 6.54 Å². The number of fused-ring (bicyclic) bond motifs is 1. The molecule has 4 aromatic carbocycles. The van der Waals surface area contributed by atoms with Gasteiger partial charge in [-0.15, -0.1) is 0 Å². The molecular weight excluding hydrogens is 410 g/mol. The van der Waals surface area contributed by atoms with Gasteiger partial charge in [-0.1, -0.05) is 79.2 Å². The van der Waals surface area contributed by atoms with Crippen molar-refractivity contribution in [1.29, 1.82) is 0 Å². The minimum atomic E-state index is -0.753. The fourth-order valence-corrected chi connectivity index (χ4v) is 4.94. The first kappa shape index (κ1) is 21.2. The van der Waals surface area contributed by atoms with Crippen LogP contribution in [0, 0.1) is 0 Å². The van der Waals surface area contributed by atoms with E-state index in [9.17, 15) is 9.90 Å². The van der Waals surface area contributed by atoms with Crippen LogP contribution in [0.3, 0.4) is 0 Å². The Morgan fingerprint density at radius 3 is 2.42 bits per heavy atom. The second-order valence-electron chi connectivity index (χ2n) is 8.55. The summed E-state index contributed by atoms with van der Waals surface area (Å²) in [6, 6.07) is 31.7. The number of piperidine rings is 1. The lowest BCUT2D eigenvalue weighted by molar-refractivity contribution is -0.145. The van der Waals surface area contributed by atoms with E-state index in [0.717, 1.165) is 52.8 Å². The number of ether oxygens (including phenoxy) is 1. The molecule has 4 nitrogen and oxygen atoms in total. The summed E-state index contributed by atoms with van der Waals surface area (Å²) in [5.74, 6) is 0.766. The number of aliphatic carboxylic acids is 1. The van der Waals surface area contributed by atoms with E-state index in [0.29, 0.717) is 6.42 Å². The summed E-state index contributed by atoms with van der Waals surface area (Å²) in [4.78, 5) is 14.4. The normalized spacial score (nSPS) is 17.5. The summed E-state index contributed by atoms with van der Waals surface area (Å²) in [5.41, 5.74) is 2.16. The van der Waals surface area contributed by atoms with E-state index in [2.05, 4.69) is 41.3 Å². The number of carbonyl (C=O) groups is 1. The van der Waals surface area contributed by atoms with Crippen molar-refractivity contribution in [2.24, 2.45) is 0 Å². The predicted molar refractivity (Wildman–Crippen MR) is 131 cm³/mol. The number of carboxylic acids is 1. The third kappa shape index (κ3) is 4.48.